The van der Waals surface area contributed by atoms with Gasteiger partial charge in [-0.25, -0.2) is 26.3 Å². The highest BCUT2D eigenvalue weighted by molar-refractivity contribution is 7.12. The molecule has 0 unspecified atom stereocenters. The van der Waals surface area contributed by atoms with Gasteiger partial charge in [-0.2, -0.15) is 13.2 Å². The van der Waals surface area contributed by atoms with Crippen LogP contribution in [0.3, 0.4) is 0 Å². The second-order valence-electron chi connectivity index (χ2n) is 6.14. The van der Waals surface area contributed by atoms with Crippen LogP contribution in [0, 0.1) is 34.9 Å². The molecule has 0 bridgehead atoms. The molecule has 170 valence electrons. The molecule has 0 radical (unpaired) electrons. The molecule has 1 N–H and O–H groups in total. The minimum atomic E-state index is -5.72. The molecule has 0 atom stereocenters. The Morgan fingerprint density at radius 2 is 1.56 bits per heavy atom. The van der Waals surface area contributed by atoms with Crippen LogP contribution < -0.4 is 10.1 Å². The average molecular weight is 485 g/mol. The van der Waals surface area contributed by atoms with Crippen molar-refractivity contribution in [1.82, 2.24) is 0 Å². The van der Waals surface area contributed by atoms with Gasteiger partial charge in [0.15, 0.2) is 34.8 Å². The van der Waals surface area contributed by atoms with E-state index >= 15 is 0 Å². The minimum absolute atomic E-state index is 0.259. The van der Waals surface area contributed by atoms with Crippen LogP contribution in [0.5, 0.6) is 5.75 Å². The van der Waals surface area contributed by atoms with Crippen molar-refractivity contribution in [1.29, 1.82) is 0 Å². The molecule has 0 aliphatic carbocycles. The first-order chi connectivity index (χ1) is 14.9. The third-order valence-electron chi connectivity index (χ3n) is 3.95. The smallest absolute Gasteiger partial charge is 0.422 e. The maximum absolute atomic E-state index is 13.9. The summed E-state index contributed by atoms with van der Waals surface area (Å²) < 4.78 is 125. The maximum Gasteiger partial charge on any atom is 0.422 e. The molecule has 2 aromatic carbocycles. The molecule has 3 aromatic rings. The first-order valence-electron chi connectivity index (χ1n) is 8.30. The van der Waals surface area contributed by atoms with Gasteiger partial charge in [-0.05, 0) is 23.6 Å². The quantitative estimate of drug-likeness (QED) is 0.334. The van der Waals surface area contributed by atoms with Crippen LogP contribution >= 0.6 is 11.3 Å². The normalized spacial score (nSPS) is 11.5. The van der Waals surface area contributed by atoms with Gasteiger partial charge in [-0.3, -0.25) is 4.79 Å². The molecule has 0 spiro atoms. The monoisotopic (exact) mass is 485 g/mol. The number of thiophene rings is 1. The molecule has 3 nitrogen and oxygen atoms in total. The van der Waals surface area contributed by atoms with Crippen molar-refractivity contribution in [2.24, 2.45) is 0 Å². The fourth-order valence-electron chi connectivity index (χ4n) is 2.49. The number of carbonyl (C=O) groups is 1. The molecule has 0 aliphatic heterocycles. The number of halogens is 9. The van der Waals surface area contributed by atoms with E-state index in [1.54, 1.807) is 0 Å². The molecule has 1 amide bonds. The fourth-order valence-corrected chi connectivity index (χ4v) is 3.28. The summed E-state index contributed by atoms with van der Waals surface area (Å²) in [7, 11) is 0. The van der Waals surface area contributed by atoms with Gasteiger partial charge in [0.05, 0.1) is 4.88 Å². The Bertz CT molecular complexity index is 1160. The third-order valence-corrected chi connectivity index (χ3v) is 4.93. The number of hydrogen-bond acceptors (Lipinski definition) is 3. The van der Waals surface area contributed by atoms with Gasteiger partial charge >= 0.3 is 6.18 Å². The number of anilines is 1. The summed E-state index contributed by atoms with van der Waals surface area (Å²) in [6, 6.07) is 3.65. The summed E-state index contributed by atoms with van der Waals surface area (Å²) in [5, 5.41) is 2.81. The van der Waals surface area contributed by atoms with Crippen molar-refractivity contribution in [3.05, 3.63) is 80.6 Å². The molecule has 32 heavy (non-hydrogen) atoms. The number of benzene rings is 2. The van der Waals surface area contributed by atoms with Gasteiger partial charge in [0.25, 0.3) is 5.91 Å². The zero-order chi connectivity index (χ0) is 23.8. The Morgan fingerprint density at radius 1 is 0.938 bits per heavy atom. The van der Waals surface area contributed by atoms with Crippen molar-refractivity contribution in [2.75, 3.05) is 5.32 Å². The maximum atomic E-state index is 13.9. The van der Waals surface area contributed by atoms with Crippen LogP contribution in [0.15, 0.2) is 29.6 Å². The average Bonchev–Trinajstić information content (AvgIpc) is 3.17. The van der Waals surface area contributed by atoms with Gasteiger partial charge in [0.1, 0.15) is 23.7 Å². The van der Waals surface area contributed by atoms with Gasteiger partial charge in [0, 0.05) is 11.6 Å². The second kappa shape index (κ2) is 8.73. The van der Waals surface area contributed by atoms with Gasteiger partial charge in [0.2, 0.25) is 0 Å². The second-order valence-corrected chi connectivity index (χ2v) is 7.05. The van der Waals surface area contributed by atoms with E-state index in [2.05, 4.69) is 0 Å². The molecule has 0 saturated carbocycles. The van der Waals surface area contributed by atoms with E-state index in [1.165, 1.54) is 10.7 Å². The lowest BCUT2D eigenvalue weighted by Gasteiger charge is -2.14. The van der Waals surface area contributed by atoms with Crippen molar-refractivity contribution in [2.45, 2.75) is 12.8 Å². The Morgan fingerprint density at radius 3 is 2.12 bits per heavy atom. The zero-order valence-corrected chi connectivity index (χ0v) is 16.0. The van der Waals surface area contributed by atoms with E-state index in [-0.39, 0.29) is 22.8 Å². The molecule has 13 heteroatoms. The highest BCUT2D eigenvalue weighted by Crippen LogP contribution is 2.38. The molecular weight excluding hydrogens is 477 g/mol. The summed E-state index contributed by atoms with van der Waals surface area (Å²) in [6.45, 7) is -0.307. The third kappa shape index (κ3) is 4.66. The number of rotatable bonds is 5. The number of ether oxygens (including phenoxy) is 1. The first-order valence-corrected chi connectivity index (χ1v) is 9.17. The largest absolute Gasteiger partial charge is 0.486 e. The molecule has 3 rings (SSSR count). The Hall–Kier alpha value is -3.22. The first kappa shape index (κ1) is 23.4. The Labute approximate surface area is 177 Å². The highest BCUT2D eigenvalue weighted by atomic mass is 32.1. The van der Waals surface area contributed by atoms with Crippen LogP contribution in [0.2, 0.25) is 0 Å². The highest BCUT2D eigenvalue weighted by Gasteiger charge is 2.42. The van der Waals surface area contributed by atoms with E-state index < -0.39 is 58.2 Å². The Balaban J connectivity index is 1.78. The van der Waals surface area contributed by atoms with E-state index in [0.29, 0.717) is 17.4 Å². The van der Waals surface area contributed by atoms with Gasteiger partial charge in [-0.1, -0.05) is 0 Å². The predicted octanol–water partition coefficient (Wildman–Crippen LogP) is 6.43. The summed E-state index contributed by atoms with van der Waals surface area (Å²) in [5.41, 5.74) is -4.25. The van der Waals surface area contributed by atoms with Gasteiger partial charge < -0.3 is 10.1 Å². The number of alkyl halides is 3. The fraction of sp³-hybridized carbons (Fsp3) is 0.105. The van der Waals surface area contributed by atoms with Crippen molar-refractivity contribution < 1.29 is 49.0 Å². The lowest BCUT2D eigenvalue weighted by atomic mass is 10.1. The SMILES string of the molecule is O=C(Nc1c(F)c(F)c(C(F)(F)F)c(F)c1F)c1cc(COc2ccc(F)cc2F)cs1. The Kier molecular flexibility index (Phi) is 6.39. The van der Waals surface area contributed by atoms with Crippen LogP contribution in [-0.4, -0.2) is 5.91 Å². The summed E-state index contributed by atoms with van der Waals surface area (Å²) >= 11 is 0.688. The number of amides is 1. The lowest BCUT2D eigenvalue weighted by Crippen LogP contribution is -2.19. The summed E-state index contributed by atoms with van der Waals surface area (Å²) in [5.74, 6) is -13.7. The zero-order valence-electron chi connectivity index (χ0n) is 15.2. The predicted molar refractivity (Wildman–Crippen MR) is 94.2 cm³/mol. The van der Waals surface area contributed by atoms with Crippen molar-refractivity contribution in [3.63, 3.8) is 0 Å². The molecule has 0 aliphatic rings. The molecular formula is C19H8F9NO2S. The summed E-state index contributed by atoms with van der Waals surface area (Å²) in [6.07, 6.45) is -5.72. The summed E-state index contributed by atoms with van der Waals surface area (Å²) in [4.78, 5) is 11.9. The molecule has 1 heterocycles. The van der Waals surface area contributed by atoms with E-state index in [0.717, 1.165) is 18.2 Å². The molecule has 0 fully saturated rings. The van der Waals surface area contributed by atoms with Crippen LogP contribution in [-0.2, 0) is 12.8 Å². The van der Waals surface area contributed by atoms with Crippen LogP contribution in [0.4, 0.5) is 45.2 Å². The van der Waals surface area contributed by atoms with Crippen molar-refractivity contribution in [3.8, 4) is 5.75 Å². The lowest BCUT2D eigenvalue weighted by molar-refractivity contribution is -0.143. The van der Waals surface area contributed by atoms with E-state index in [1.807, 2.05) is 0 Å². The van der Waals surface area contributed by atoms with Gasteiger partial charge in [-0.15, -0.1) is 11.3 Å². The topological polar surface area (TPSA) is 38.3 Å². The number of nitrogens with one attached hydrogen (secondary N) is 1. The number of carbonyl (C=O) groups excluding carboxylic acids is 1. The van der Waals surface area contributed by atoms with Crippen LogP contribution in [0.1, 0.15) is 20.8 Å². The minimum Gasteiger partial charge on any atom is -0.486 e. The molecule has 0 saturated heterocycles. The standard InChI is InChI=1S/C19H8F9NO2S/c20-8-1-2-10(9(21)4-8)31-5-7-3-11(32-6-7)18(30)29-17-15(24)13(22)12(19(26,27)28)14(23)16(17)25/h1-4,6H,5H2,(H,29,30). The number of hydrogen-bond donors (Lipinski definition) is 1. The van der Waals surface area contributed by atoms with E-state index in [9.17, 15) is 44.3 Å². The van der Waals surface area contributed by atoms with Crippen LogP contribution in [0.25, 0.3) is 0 Å². The van der Waals surface area contributed by atoms with Crippen molar-refractivity contribution >= 4 is 22.9 Å². The molecule has 1 aromatic heterocycles. The van der Waals surface area contributed by atoms with E-state index in [4.69, 9.17) is 4.74 Å².